The molecule has 1 heterocycles. The molecule has 0 bridgehead atoms. The normalized spacial score (nSPS) is 10.7. The summed E-state index contributed by atoms with van der Waals surface area (Å²) in [4.78, 5) is 28.2. The summed E-state index contributed by atoms with van der Waals surface area (Å²) in [7, 11) is 10.3. The third kappa shape index (κ3) is 6.19. The minimum Gasteiger partial charge on any atom is -0.497 e. The molecule has 0 radical (unpaired) electrons. The number of aromatic nitrogens is 1. The SMILES string of the molecule is COC(=O)c1c(-c2cc(OC)c(OC)c(OC)c2)c2cc(OC)c(OCc3cc(OC)cc(OC)c3)cc2c(=O)n1-c1ccc(N)cc1. The van der Waals surface area contributed by atoms with E-state index in [0.29, 0.717) is 62.4 Å². The van der Waals surface area contributed by atoms with Crippen molar-refractivity contribution in [3.63, 3.8) is 0 Å². The van der Waals surface area contributed by atoms with Crippen molar-refractivity contribution >= 4 is 22.4 Å². The molecule has 5 rings (SSSR count). The van der Waals surface area contributed by atoms with E-state index in [9.17, 15) is 9.59 Å². The van der Waals surface area contributed by atoms with Gasteiger partial charge in [-0.1, -0.05) is 0 Å². The smallest absolute Gasteiger partial charge is 0.355 e. The number of benzene rings is 4. The molecule has 0 saturated heterocycles. The van der Waals surface area contributed by atoms with Gasteiger partial charge in [-0.15, -0.1) is 0 Å². The number of hydrogen-bond acceptors (Lipinski definition) is 11. The number of nitrogens with zero attached hydrogens (tertiary/aromatic N) is 1. The van der Waals surface area contributed by atoms with Crippen molar-refractivity contribution in [3.8, 4) is 57.1 Å². The summed E-state index contributed by atoms with van der Waals surface area (Å²) in [6.07, 6.45) is 0. The molecule has 2 N–H and O–H groups in total. The van der Waals surface area contributed by atoms with Crippen molar-refractivity contribution in [2.45, 2.75) is 6.61 Å². The number of esters is 1. The Hall–Kier alpha value is -6.04. The Morgan fingerprint density at radius 1 is 0.667 bits per heavy atom. The topological polar surface area (TPSA) is 139 Å². The molecule has 5 aromatic rings. The van der Waals surface area contributed by atoms with Crippen LogP contribution in [-0.2, 0) is 11.3 Å². The molecule has 0 atom stereocenters. The number of anilines is 1. The number of methoxy groups -OCH3 is 7. The van der Waals surface area contributed by atoms with E-state index >= 15 is 0 Å². The fourth-order valence-corrected chi connectivity index (χ4v) is 5.47. The summed E-state index contributed by atoms with van der Waals surface area (Å²) >= 11 is 0. The summed E-state index contributed by atoms with van der Waals surface area (Å²) in [5.74, 6) is 2.04. The standard InChI is InChI=1S/C36H36N2O10/c1-41-24-12-20(13-25(16-24)42-2)19-48-29-18-27-26(17-28(29)43-3)32(21-14-30(44-4)34(46-6)31(15-21)45-5)33(36(40)47-7)38(35(27)39)23-10-8-22(37)9-11-23/h8-18H,19,37H2,1-7H3. The van der Waals surface area contributed by atoms with Crippen molar-refractivity contribution < 1.29 is 42.7 Å². The fraction of sp³-hybridized carbons (Fsp3) is 0.222. The Morgan fingerprint density at radius 3 is 1.77 bits per heavy atom. The lowest BCUT2D eigenvalue weighted by Gasteiger charge is -2.21. The van der Waals surface area contributed by atoms with Gasteiger partial charge >= 0.3 is 5.97 Å². The minimum absolute atomic E-state index is 0.0479. The van der Waals surface area contributed by atoms with Gasteiger partial charge in [0, 0.05) is 28.4 Å². The number of hydrogen-bond donors (Lipinski definition) is 1. The molecule has 12 heteroatoms. The van der Waals surface area contributed by atoms with Gasteiger partial charge in [-0.2, -0.15) is 0 Å². The monoisotopic (exact) mass is 656 g/mol. The zero-order valence-electron chi connectivity index (χ0n) is 27.7. The minimum atomic E-state index is -0.763. The van der Waals surface area contributed by atoms with Crippen LogP contribution in [0.3, 0.4) is 0 Å². The number of nitrogen functional groups attached to an aromatic ring is 1. The third-order valence-electron chi connectivity index (χ3n) is 7.76. The van der Waals surface area contributed by atoms with Crippen LogP contribution >= 0.6 is 0 Å². The molecule has 0 amide bonds. The zero-order chi connectivity index (χ0) is 34.5. The molecule has 0 spiro atoms. The lowest BCUT2D eigenvalue weighted by Crippen LogP contribution is -2.27. The van der Waals surface area contributed by atoms with E-state index in [0.717, 1.165) is 5.56 Å². The second kappa shape index (κ2) is 14.2. The van der Waals surface area contributed by atoms with Gasteiger partial charge in [0.05, 0.1) is 55.2 Å². The molecule has 12 nitrogen and oxygen atoms in total. The molecule has 0 unspecified atom stereocenters. The van der Waals surface area contributed by atoms with Crippen molar-refractivity contribution in [1.82, 2.24) is 4.57 Å². The summed E-state index contributed by atoms with van der Waals surface area (Å²) in [6.45, 7) is 0.0988. The quantitative estimate of drug-likeness (QED) is 0.132. The highest BCUT2D eigenvalue weighted by Gasteiger charge is 2.28. The summed E-state index contributed by atoms with van der Waals surface area (Å²) < 4.78 is 46.2. The molecule has 48 heavy (non-hydrogen) atoms. The van der Waals surface area contributed by atoms with Gasteiger partial charge in [-0.05, 0) is 71.8 Å². The molecule has 0 fully saturated rings. The molecule has 0 aliphatic carbocycles. The number of carbonyl (C=O) groups excluding carboxylic acids is 1. The first kappa shape index (κ1) is 33.3. The van der Waals surface area contributed by atoms with Crippen LogP contribution in [0.4, 0.5) is 5.69 Å². The van der Waals surface area contributed by atoms with Gasteiger partial charge in [0.1, 0.15) is 23.8 Å². The number of rotatable bonds is 12. The fourth-order valence-electron chi connectivity index (χ4n) is 5.47. The van der Waals surface area contributed by atoms with Crippen molar-refractivity contribution in [3.05, 3.63) is 88.3 Å². The van der Waals surface area contributed by atoms with E-state index in [-0.39, 0.29) is 23.4 Å². The number of ether oxygens (including phenoxy) is 8. The van der Waals surface area contributed by atoms with E-state index in [2.05, 4.69) is 0 Å². The Balaban J connectivity index is 1.85. The van der Waals surface area contributed by atoms with Crippen LogP contribution in [0.2, 0.25) is 0 Å². The zero-order valence-corrected chi connectivity index (χ0v) is 27.7. The van der Waals surface area contributed by atoms with E-state index in [4.69, 9.17) is 43.6 Å². The average molecular weight is 657 g/mol. The Morgan fingerprint density at radius 2 is 1.25 bits per heavy atom. The Labute approximate surface area is 277 Å². The lowest BCUT2D eigenvalue weighted by atomic mass is 9.95. The van der Waals surface area contributed by atoms with E-state index in [1.54, 1.807) is 68.8 Å². The van der Waals surface area contributed by atoms with E-state index < -0.39 is 11.5 Å². The van der Waals surface area contributed by atoms with E-state index in [1.165, 1.54) is 40.1 Å². The van der Waals surface area contributed by atoms with Gasteiger partial charge in [0.25, 0.3) is 5.56 Å². The van der Waals surface area contributed by atoms with E-state index in [1.807, 2.05) is 12.1 Å². The predicted molar refractivity (Wildman–Crippen MR) is 181 cm³/mol. The molecular formula is C36H36N2O10. The van der Waals surface area contributed by atoms with Gasteiger partial charge in [-0.25, -0.2) is 4.79 Å². The Kier molecular flexibility index (Phi) is 9.83. The first-order valence-corrected chi connectivity index (χ1v) is 14.6. The van der Waals surface area contributed by atoms with Crippen LogP contribution in [0.25, 0.3) is 27.6 Å². The van der Waals surface area contributed by atoms with Crippen molar-refractivity contribution in [2.24, 2.45) is 0 Å². The van der Waals surface area contributed by atoms with Crippen LogP contribution in [0, 0.1) is 0 Å². The highest BCUT2D eigenvalue weighted by Crippen LogP contribution is 2.45. The van der Waals surface area contributed by atoms with Crippen LogP contribution in [0.1, 0.15) is 16.1 Å². The highest BCUT2D eigenvalue weighted by molar-refractivity contribution is 6.08. The van der Waals surface area contributed by atoms with Crippen LogP contribution < -0.4 is 44.5 Å². The number of pyridine rings is 1. The van der Waals surface area contributed by atoms with Crippen LogP contribution in [0.5, 0.6) is 40.2 Å². The van der Waals surface area contributed by atoms with Gasteiger partial charge in [0.15, 0.2) is 23.0 Å². The lowest BCUT2D eigenvalue weighted by molar-refractivity contribution is 0.0591. The first-order valence-electron chi connectivity index (χ1n) is 14.6. The average Bonchev–Trinajstić information content (AvgIpc) is 3.12. The van der Waals surface area contributed by atoms with Gasteiger partial charge < -0.3 is 43.6 Å². The van der Waals surface area contributed by atoms with Crippen molar-refractivity contribution in [1.29, 1.82) is 0 Å². The maximum atomic E-state index is 14.5. The molecule has 1 aromatic heterocycles. The number of fused-ring (bicyclic) bond motifs is 1. The Bertz CT molecular complexity index is 1990. The third-order valence-corrected chi connectivity index (χ3v) is 7.76. The predicted octanol–water partition coefficient (Wildman–Crippen LogP) is 5.66. The molecule has 0 aliphatic heterocycles. The summed E-state index contributed by atoms with van der Waals surface area (Å²) in [5.41, 5.74) is 7.84. The number of carbonyl (C=O) groups is 1. The van der Waals surface area contributed by atoms with Gasteiger partial charge in [0.2, 0.25) is 5.75 Å². The largest absolute Gasteiger partial charge is 0.497 e. The number of nitrogens with two attached hydrogens (primary N) is 1. The first-order chi connectivity index (χ1) is 23.2. The van der Waals surface area contributed by atoms with Gasteiger partial charge in [-0.3, -0.25) is 9.36 Å². The summed E-state index contributed by atoms with van der Waals surface area (Å²) in [6, 6.07) is 18.6. The van der Waals surface area contributed by atoms with Crippen LogP contribution in [0.15, 0.2) is 71.5 Å². The van der Waals surface area contributed by atoms with Crippen molar-refractivity contribution in [2.75, 3.05) is 55.5 Å². The second-order valence-electron chi connectivity index (χ2n) is 10.4. The maximum absolute atomic E-state index is 14.5. The summed E-state index contributed by atoms with van der Waals surface area (Å²) in [5, 5.41) is 0.607. The molecule has 4 aromatic carbocycles. The highest BCUT2D eigenvalue weighted by atomic mass is 16.5. The van der Waals surface area contributed by atoms with Crippen LogP contribution in [-0.4, -0.2) is 60.3 Å². The second-order valence-corrected chi connectivity index (χ2v) is 10.4. The molecule has 0 aliphatic rings. The molecule has 250 valence electrons. The molecule has 0 saturated carbocycles. The maximum Gasteiger partial charge on any atom is 0.355 e. The molecular weight excluding hydrogens is 620 g/mol.